The van der Waals surface area contributed by atoms with E-state index in [0.717, 1.165) is 6.54 Å². The zero-order chi connectivity index (χ0) is 21.0. The van der Waals surface area contributed by atoms with E-state index in [9.17, 15) is 13.7 Å². The van der Waals surface area contributed by atoms with Gasteiger partial charge in [0.25, 0.3) is 0 Å². The van der Waals surface area contributed by atoms with Crippen LogP contribution in [0.25, 0.3) is 11.1 Å². The highest BCUT2D eigenvalue weighted by molar-refractivity contribution is 7.89. The minimum atomic E-state index is -3.65. The van der Waals surface area contributed by atoms with Gasteiger partial charge >= 0.3 is 0 Å². The summed E-state index contributed by atoms with van der Waals surface area (Å²) in [5.74, 6) is 0. The van der Waals surface area contributed by atoms with Crippen LogP contribution >= 0.6 is 0 Å². The first-order valence-corrected chi connectivity index (χ1v) is 11.4. The Labute approximate surface area is 177 Å². The largest absolute Gasteiger partial charge is 0.296 e. The van der Waals surface area contributed by atoms with E-state index in [1.165, 1.54) is 27.1 Å². The highest BCUT2D eigenvalue weighted by Gasteiger charge is 2.30. The fourth-order valence-electron chi connectivity index (χ4n) is 3.74. The van der Waals surface area contributed by atoms with Crippen molar-refractivity contribution in [2.24, 2.45) is 0 Å². The molecule has 5 nitrogen and oxygen atoms in total. The average Bonchev–Trinajstić information content (AvgIpc) is 2.80. The second-order valence-corrected chi connectivity index (χ2v) is 9.26. The van der Waals surface area contributed by atoms with Gasteiger partial charge in [0.15, 0.2) is 0 Å². The van der Waals surface area contributed by atoms with Crippen molar-refractivity contribution in [3.05, 3.63) is 90.0 Å². The molecule has 152 valence electrons. The van der Waals surface area contributed by atoms with Crippen molar-refractivity contribution < 1.29 is 8.42 Å². The summed E-state index contributed by atoms with van der Waals surface area (Å²) in [6, 6.07) is 27.2. The molecule has 3 aromatic carbocycles. The lowest BCUT2D eigenvalue weighted by molar-refractivity contribution is 0.181. The lowest BCUT2D eigenvalue weighted by atomic mass is 10.0. The van der Waals surface area contributed by atoms with Crippen LogP contribution in [0.15, 0.2) is 83.8 Å². The van der Waals surface area contributed by atoms with E-state index in [0.29, 0.717) is 26.2 Å². The van der Waals surface area contributed by atoms with E-state index in [4.69, 9.17) is 0 Å². The highest BCUT2D eigenvalue weighted by Crippen LogP contribution is 2.23. The maximum atomic E-state index is 13.0. The number of nitrogens with zero attached hydrogens (tertiary/aromatic N) is 3. The molecule has 0 N–H and O–H groups in total. The van der Waals surface area contributed by atoms with Gasteiger partial charge in [0.2, 0.25) is 10.0 Å². The van der Waals surface area contributed by atoms with Gasteiger partial charge in [0.05, 0.1) is 10.5 Å². The Morgan fingerprint density at radius 3 is 2.03 bits per heavy atom. The van der Waals surface area contributed by atoms with Crippen molar-refractivity contribution in [2.45, 2.75) is 11.4 Å². The summed E-state index contributed by atoms with van der Waals surface area (Å²) in [6.45, 7) is 2.95. The van der Waals surface area contributed by atoms with Crippen molar-refractivity contribution in [3.63, 3.8) is 0 Å². The van der Waals surface area contributed by atoms with Gasteiger partial charge in [-0.25, -0.2) is 8.42 Å². The van der Waals surface area contributed by atoms with Crippen molar-refractivity contribution in [1.82, 2.24) is 9.21 Å². The molecule has 0 spiro atoms. The Morgan fingerprint density at radius 2 is 1.37 bits per heavy atom. The Hall–Kier alpha value is -2.98. The summed E-state index contributed by atoms with van der Waals surface area (Å²) in [7, 11) is -3.65. The van der Waals surface area contributed by atoms with Crippen LogP contribution in [-0.2, 0) is 16.6 Å². The van der Waals surface area contributed by atoms with Crippen LogP contribution < -0.4 is 0 Å². The molecule has 0 saturated carbocycles. The van der Waals surface area contributed by atoms with Gasteiger partial charge in [-0.05, 0) is 28.8 Å². The van der Waals surface area contributed by atoms with E-state index in [2.05, 4.69) is 41.3 Å². The molecule has 0 bridgehead atoms. The first-order chi connectivity index (χ1) is 14.6. The smallest absolute Gasteiger partial charge is 0.244 e. The summed E-state index contributed by atoms with van der Waals surface area (Å²) < 4.78 is 27.4. The predicted molar refractivity (Wildman–Crippen MR) is 117 cm³/mol. The molecule has 6 heteroatoms. The second-order valence-electron chi connectivity index (χ2n) is 7.35. The molecule has 1 fully saturated rings. The van der Waals surface area contributed by atoms with Crippen LogP contribution in [-0.4, -0.2) is 43.8 Å². The topological polar surface area (TPSA) is 64.4 Å². The normalized spacial score (nSPS) is 15.6. The van der Waals surface area contributed by atoms with Gasteiger partial charge in [0, 0.05) is 32.7 Å². The minimum Gasteiger partial charge on any atom is -0.296 e. The molecule has 0 amide bonds. The third kappa shape index (κ3) is 4.29. The summed E-state index contributed by atoms with van der Waals surface area (Å²) in [5.41, 5.74) is 3.78. The molecule has 1 heterocycles. The number of hydrogen-bond donors (Lipinski definition) is 0. The maximum absolute atomic E-state index is 13.0. The molecule has 1 aliphatic rings. The van der Waals surface area contributed by atoms with Gasteiger partial charge in [-0.15, -0.1) is 0 Å². The molecule has 30 heavy (non-hydrogen) atoms. The van der Waals surface area contributed by atoms with Crippen LogP contribution in [0.2, 0.25) is 0 Å². The molecule has 0 unspecified atom stereocenters. The van der Waals surface area contributed by atoms with E-state index < -0.39 is 10.0 Å². The lowest BCUT2D eigenvalue weighted by Crippen LogP contribution is -2.48. The highest BCUT2D eigenvalue weighted by atomic mass is 32.2. The fraction of sp³-hybridized carbons (Fsp3) is 0.208. The zero-order valence-electron chi connectivity index (χ0n) is 16.6. The number of hydrogen-bond acceptors (Lipinski definition) is 4. The monoisotopic (exact) mass is 417 g/mol. The third-order valence-corrected chi connectivity index (χ3v) is 7.38. The molecule has 0 aliphatic carbocycles. The number of piperazine rings is 1. The molecule has 0 atom stereocenters. The van der Waals surface area contributed by atoms with Crippen molar-refractivity contribution in [1.29, 1.82) is 5.26 Å². The van der Waals surface area contributed by atoms with Gasteiger partial charge in [-0.1, -0.05) is 66.7 Å². The van der Waals surface area contributed by atoms with Crippen LogP contribution in [0.3, 0.4) is 0 Å². The summed E-state index contributed by atoms with van der Waals surface area (Å²) >= 11 is 0. The van der Waals surface area contributed by atoms with Crippen LogP contribution in [0.4, 0.5) is 0 Å². The van der Waals surface area contributed by atoms with E-state index >= 15 is 0 Å². The summed E-state index contributed by atoms with van der Waals surface area (Å²) in [5, 5.41) is 9.24. The number of benzene rings is 3. The molecule has 4 rings (SSSR count). The van der Waals surface area contributed by atoms with Gasteiger partial charge in [0.1, 0.15) is 6.07 Å². The van der Waals surface area contributed by atoms with Gasteiger partial charge in [-0.2, -0.15) is 9.57 Å². The zero-order valence-corrected chi connectivity index (χ0v) is 17.4. The first kappa shape index (κ1) is 20.3. The summed E-state index contributed by atoms with van der Waals surface area (Å²) in [6.07, 6.45) is 0. The van der Waals surface area contributed by atoms with Gasteiger partial charge < -0.3 is 0 Å². The molecular weight excluding hydrogens is 394 g/mol. The average molecular weight is 418 g/mol. The van der Waals surface area contributed by atoms with Crippen LogP contribution in [0, 0.1) is 11.3 Å². The molecule has 3 aromatic rings. The SMILES string of the molecule is N#Cc1ccccc1S(=O)(=O)N1CCN(Cc2ccc(-c3ccccc3)cc2)CC1. The van der Waals surface area contributed by atoms with Crippen LogP contribution in [0.1, 0.15) is 11.1 Å². The molecular formula is C24H23N3O2S. The van der Waals surface area contributed by atoms with E-state index in [1.54, 1.807) is 18.2 Å². The predicted octanol–water partition coefficient (Wildman–Crippen LogP) is 3.73. The Morgan fingerprint density at radius 1 is 0.767 bits per heavy atom. The minimum absolute atomic E-state index is 0.0949. The molecule has 1 saturated heterocycles. The van der Waals surface area contributed by atoms with E-state index in [-0.39, 0.29) is 10.5 Å². The first-order valence-electron chi connectivity index (χ1n) is 9.94. The van der Waals surface area contributed by atoms with Gasteiger partial charge in [-0.3, -0.25) is 4.90 Å². The standard InChI is InChI=1S/C24H23N3O2S/c25-18-23-8-4-5-9-24(23)30(28,29)27-16-14-26(15-17-27)19-20-10-12-22(13-11-20)21-6-2-1-3-7-21/h1-13H,14-17,19H2. The Balaban J connectivity index is 1.39. The van der Waals surface area contributed by atoms with E-state index in [1.807, 2.05) is 24.3 Å². The molecule has 0 aromatic heterocycles. The van der Waals surface area contributed by atoms with Crippen molar-refractivity contribution in [3.8, 4) is 17.2 Å². The number of nitriles is 1. The Bertz CT molecular complexity index is 1150. The van der Waals surface area contributed by atoms with Crippen molar-refractivity contribution in [2.75, 3.05) is 26.2 Å². The molecule has 1 aliphatic heterocycles. The third-order valence-electron chi connectivity index (χ3n) is 5.42. The molecule has 0 radical (unpaired) electrons. The Kier molecular flexibility index (Phi) is 5.96. The maximum Gasteiger partial charge on any atom is 0.244 e. The van der Waals surface area contributed by atoms with Crippen molar-refractivity contribution >= 4 is 10.0 Å². The second kappa shape index (κ2) is 8.80. The summed E-state index contributed by atoms with van der Waals surface area (Å²) in [4.78, 5) is 2.36. The van der Waals surface area contributed by atoms with Crippen LogP contribution in [0.5, 0.6) is 0 Å². The number of sulfonamides is 1. The lowest BCUT2D eigenvalue weighted by Gasteiger charge is -2.34. The quantitative estimate of drug-likeness (QED) is 0.635. The number of rotatable bonds is 5. The fourth-order valence-corrected chi connectivity index (χ4v) is 5.31.